The summed E-state index contributed by atoms with van der Waals surface area (Å²) in [5, 5.41) is 0.620. The van der Waals surface area contributed by atoms with Crippen LogP contribution in [0.15, 0.2) is 36.1 Å². The Bertz CT molecular complexity index is 1050. The van der Waals surface area contributed by atoms with Gasteiger partial charge in [0, 0.05) is 48.9 Å². The van der Waals surface area contributed by atoms with Crippen LogP contribution in [0.3, 0.4) is 0 Å². The number of fused-ring (bicyclic) bond motifs is 2. The third-order valence-electron chi connectivity index (χ3n) is 5.98. The average molecular weight is 441 g/mol. The first-order chi connectivity index (χ1) is 15.1. The molecular weight excluding hydrogens is 416 g/mol. The van der Waals surface area contributed by atoms with E-state index in [0.717, 1.165) is 68.4 Å². The van der Waals surface area contributed by atoms with E-state index in [-0.39, 0.29) is 5.78 Å². The fourth-order valence-corrected chi connectivity index (χ4v) is 4.49. The van der Waals surface area contributed by atoms with Gasteiger partial charge in [-0.3, -0.25) is 14.6 Å². The molecule has 0 radical (unpaired) electrons. The van der Waals surface area contributed by atoms with Gasteiger partial charge in [0.1, 0.15) is 18.2 Å². The van der Waals surface area contributed by atoms with Gasteiger partial charge in [-0.1, -0.05) is 23.7 Å². The summed E-state index contributed by atoms with van der Waals surface area (Å²) in [7, 11) is 0. The summed E-state index contributed by atoms with van der Waals surface area (Å²) in [6, 6.07) is 9.29. The van der Waals surface area contributed by atoms with Crippen molar-refractivity contribution in [3.63, 3.8) is 0 Å². The second kappa shape index (κ2) is 8.63. The summed E-state index contributed by atoms with van der Waals surface area (Å²) < 4.78 is 17.5. The zero-order valence-electron chi connectivity index (χ0n) is 17.5. The van der Waals surface area contributed by atoms with E-state index in [1.54, 1.807) is 12.1 Å². The second-order valence-corrected chi connectivity index (χ2v) is 8.58. The fourth-order valence-electron chi connectivity index (χ4n) is 4.30. The van der Waals surface area contributed by atoms with E-state index in [4.69, 9.17) is 25.8 Å². The summed E-state index contributed by atoms with van der Waals surface area (Å²) in [5.74, 6) is 1.63. The monoisotopic (exact) mass is 440 g/mol. The van der Waals surface area contributed by atoms with Crippen molar-refractivity contribution in [3.05, 3.63) is 63.4 Å². The van der Waals surface area contributed by atoms with Crippen LogP contribution in [-0.4, -0.2) is 61.7 Å². The molecule has 6 nitrogen and oxygen atoms in total. The molecule has 0 bridgehead atoms. The van der Waals surface area contributed by atoms with Crippen LogP contribution in [0, 0.1) is 6.92 Å². The van der Waals surface area contributed by atoms with Crippen LogP contribution in [0.1, 0.15) is 27.0 Å². The molecule has 162 valence electrons. The topological polar surface area (TPSA) is 51.2 Å². The molecule has 0 spiro atoms. The first kappa shape index (κ1) is 20.5. The smallest absolute Gasteiger partial charge is 0.231 e. The van der Waals surface area contributed by atoms with Gasteiger partial charge < -0.3 is 14.2 Å². The minimum atomic E-state index is -0.105. The van der Waals surface area contributed by atoms with Gasteiger partial charge in [0.2, 0.25) is 5.78 Å². The Morgan fingerprint density at radius 3 is 2.71 bits per heavy atom. The van der Waals surface area contributed by atoms with Crippen LogP contribution in [0.4, 0.5) is 0 Å². The molecule has 0 saturated carbocycles. The van der Waals surface area contributed by atoms with Gasteiger partial charge in [-0.15, -0.1) is 0 Å². The number of allylic oxidation sites excluding steroid dienone is 1. The van der Waals surface area contributed by atoms with Crippen molar-refractivity contribution in [1.82, 2.24) is 9.80 Å². The minimum Gasteiger partial charge on any atom is -0.477 e. The molecule has 5 rings (SSSR count). The number of hydrogen-bond acceptors (Lipinski definition) is 6. The molecule has 1 fully saturated rings. The molecule has 2 aromatic carbocycles. The van der Waals surface area contributed by atoms with E-state index >= 15 is 0 Å². The Morgan fingerprint density at radius 1 is 1.10 bits per heavy atom. The normalized spacial score (nSPS) is 20.3. The van der Waals surface area contributed by atoms with Crippen LogP contribution in [0.5, 0.6) is 11.5 Å². The summed E-state index contributed by atoms with van der Waals surface area (Å²) in [5.41, 5.74) is 3.34. The van der Waals surface area contributed by atoms with Crippen molar-refractivity contribution in [2.45, 2.75) is 13.5 Å². The van der Waals surface area contributed by atoms with Gasteiger partial charge in [0.05, 0.1) is 18.8 Å². The molecule has 0 amide bonds. The lowest BCUT2D eigenvalue weighted by Gasteiger charge is -2.33. The van der Waals surface area contributed by atoms with Crippen molar-refractivity contribution in [2.24, 2.45) is 0 Å². The highest BCUT2D eigenvalue weighted by Gasteiger charge is 2.33. The maximum Gasteiger partial charge on any atom is 0.231 e. The predicted molar refractivity (Wildman–Crippen MR) is 119 cm³/mol. The van der Waals surface area contributed by atoms with E-state index in [9.17, 15) is 4.79 Å². The summed E-state index contributed by atoms with van der Waals surface area (Å²) in [6.07, 6.45) is 1.74. The Labute approximate surface area is 186 Å². The lowest BCUT2D eigenvalue weighted by molar-refractivity contribution is 0.0239. The molecule has 3 heterocycles. The fraction of sp³-hybridized carbons (Fsp3) is 0.375. The number of ether oxygens (including phenoxy) is 3. The van der Waals surface area contributed by atoms with Crippen LogP contribution >= 0.6 is 11.6 Å². The maximum absolute atomic E-state index is 13.0. The Kier molecular flexibility index (Phi) is 5.71. The van der Waals surface area contributed by atoms with Crippen LogP contribution in [0.2, 0.25) is 5.02 Å². The number of rotatable bonds is 4. The number of nitrogens with zero attached hydrogens (tertiary/aromatic N) is 2. The van der Waals surface area contributed by atoms with E-state index in [1.165, 1.54) is 0 Å². The molecule has 3 aliphatic heterocycles. The van der Waals surface area contributed by atoms with E-state index in [0.29, 0.717) is 28.8 Å². The second-order valence-electron chi connectivity index (χ2n) is 8.14. The Morgan fingerprint density at radius 2 is 1.90 bits per heavy atom. The highest BCUT2D eigenvalue weighted by Crippen LogP contribution is 2.43. The van der Waals surface area contributed by atoms with Gasteiger partial charge in [-0.2, -0.15) is 0 Å². The number of carbonyl (C=O) groups is 1. The molecule has 0 N–H and O–H groups in total. The molecule has 0 atom stereocenters. The van der Waals surface area contributed by atoms with Crippen molar-refractivity contribution in [3.8, 4) is 11.5 Å². The van der Waals surface area contributed by atoms with Gasteiger partial charge in [-0.25, -0.2) is 0 Å². The standard InChI is InChI=1S/C24H25ClN2O4/c1-16-23-18(14-27(15-30-23)6-5-26-7-9-29-10-8-26)13-20-22(28)21(31-24(16)20)12-17-3-2-4-19(25)11-17/h2-4,11-13H,5-10,14-15H2,1H3/b21-12-. The number of morpholine rings is 1. The molecule has 0 unspecified atom stereocenters. The van der Waals surface area contributed by atoms with Crippen LogP contribution < -0.4 is 9.47 Å². The molecule has 3 aliphatic rings. The van der Waals surface area contributed by atoms with Crippen LogP contribution in [-0.2, 0) is 11.3 Å². The summed E-state index contributed by atoms with van der Waals surface area (Å²) in [4.78, 5) is 17.7. The van der Waals surface area contributed by atoms with Crippen molar-refractivity contribution >= 4 is 23.5 Å². The molecule has 2 aromatic rings. The first-order valence-corrected chi connectivity index (χ1v) is 11.0. The van der Waals surface area contributed by atoms with Crippen molar-refractivity contribution < 1.29 is 19.0 Å². The number of benzene rings is 2. The van der Waals surface area contributed by atoms with Crippen molar-refractivity contribution in [1.29, 1.82) is 0 Å². The summed E-state index contributed by atoms with van der Waals surface area (Å²) in [6.45, 7) is 8.72. The SMILES string of the molecule is Cc1c2c(cc3c1O/C(=C\c1cccc(Cl)c1)C3=O)CN(CCN1CCOCC1)CO2. The largest absolute Gasteiger partial charge is 0.477 e. The van der Waals surface area contributed by atoms with Gasteiger partial charge in [0.15, 0.2) is 5.76 Å². The minimum absolute atomic E-state index is 0.105. The number of hydrogen-bond donors (Lipinski definition) is 0. The Balaban J connectivity index is 1.34. The third-order valence-corrected chi connectivity index (χ3v) is 6.22. The zero-order chi connectivity index (χ0) is 21.4. The number of ketones is 1. The molecule has 31 heavy (non-hydrogen) atoms. The first-order valence-electron chi connectivity index (χ1n) is 10.6. The average Bonchev–Trinajstić information content (AvgIpc) is 3.09. The lowest BCUT2D eigenvalue weighted by Crippen LogP contribution is -2.43. The quantitative estimate of drug-likeness (QED) is 0.675. The number of carbonyl (C=O) groups excluding carboxylic acids is 1. The van der Waals surface area contributed by atoms with Crippen molar-refractivity contribution in [2.75, 3.05) is 46.1 Å². The van der Waals surface area contributed by atoms with E-state index in [2.05, 4.69) is 9.80 Å². The van der Waals surface area contributed by atoms with E-state index < -0.39 is 0 Å². The highest BCUT2D eigenvalue weighted by molar-refractivity contribution is 6.30. The molecule has 7 heteroatoms. The molecule has 1 saturated heterocycles. The van der Waals surface area contributed by atoms with E-state index in [1.807, 2.05) is 31.2 Å². The van der Waals surface area contributed by atoms with Crippen LogP contribution in [0.25, 0.3) is 6.08 Å². The van der Waals surface area contributed by atoms with Gasteiger partial charge >= 0.3 is 0 Å². The van der Waals surface area contributed by atoms with Gasteiger partial charge in [-0.05, 0) is 36.8 Å². The highest BCUT2D eigenvalue weighted by atomic mass is 35.5. The molecule has 0 aliphatic carbocycles. The lowest BCUT2D eigenvalue weighted by atomic mass is 10.00. The number of halogens is 1. The van der Waals surface area contributed by atoms with Gasteiger partial charge in [0.25, 0.3) is 0 Å². The molecule has 0 aromatic heterocycles. The third kappa shape index (κ3) is 4.21. The molecular formula is C24H25ClN2O4. The Hall–Kier alpha value is -2.38. The summed E-state index contributed by atoms with van der Waals surface area (Å²) >= 11 is 6.07. The zero-order valence-corrected chi connectivity index (χ0v) is 18.3. The number of Topliss-reactive ketones (excluding diaryl/α,β-unsaturated/α-hetero) is 1. The predicted octanol–water partition coefficient (Wildman–Crippen LogP) is 3.75. The maximum atomic E-state index is 13.0.